The van der Waals surface area contributed by atoms with Crippen LogP contribution < -0.4 is 10.6 Å². The fourth-order valence-electron chi connectivity index (χ4n) is 3.76. The van der Waals surface area contributed by atoms with Gasteiger partial charge in [-0.05, 0) is 54.5 Å². The van der Waals surface area contributed by atoms with E-state index in [2.05, 4.69) is 79.1 Å². The lowest BCUT2D eigenvalue weighted by Gasteiger charge is -2.35. The molecule has 2 aromatic carbocycles. The first-order valence-corrected chi connectivity index (χ1v) is 9.97. The minimum absolute atomic E-state index is 0.160. The van der Waals surface area contributed by atoms with Crippen LogP contribution in [0.25, 0.3) is 11.1 Å². The van der Waals surface area contributed by atoms with E-state index in [-0.39, 0.29) is 24.0 Å². The Balaban J connectivity index is 1.66. The van der Waals surface area contributed by atoms with E-state index in [9.17, 15) is 4.79 Å². The van der Waals surface area contributed by atoms with E-state index in [0.717, 1.165) is 24.2 Å². The highest BCUT2D eigenvalue weighted by atomic mass is 16.5. The van der Waals surface area contributed by atoms with Crippen LogP contribution in [0.5, 0.6) is 0 Å². The lowest BCUT2D eigenvalue weighted by molar-refractivity contribution is -0.141. The van der Waals surface area contributed by atoms with Gasteiger partial charge in [0.15, 0.2) is 0 Å². The van der Waals surface area contributed by atoms with Crippen molar-refractivity contribution in [3.63, 3.8) is 0 Å². The van der Waals surface area contributed by atoms with E-state index in [0.29, 0.717) is 6.61 Å². The Bertz CT molecular complexity index is 810. The van der Waals surface area contributed by atoms with Gasteiger partial charge in [0, 0.05) is 17.4 Å². The highest BCUT2D eigenvalue weighted by Gasteiger charge is 2.29. The molecular formula is C24H30N2O2. The Hall–Kier alpha value is -2.75. The van der Waals surface area contributed by atoms with Crippen molar-refractivity contribution in [2.75, 3.05) is 18.5 Å². The van der Waals surface area contributed by atoms with E-state index in [1.807, 2.05) is 13.0 Å². The summed E-state index contributed by atoms with van der Waals surface area (Å²) in [6, 6.07) is 19.2. The fraction of sp³-hybridized carbons (Fsp3) is 0.375. The second-order valence-electron chi connectivity index (χ2n) is 8.09. The molecule has 148 valence electrons. The zero-order valence-corrected chi connectivity index (χ0v) is 17.0. The van der Waals surface area contributed by atoms with E-state index >= 15 is 0 Å². The molecular weight excluding hydrogens is 348 g/mol. The molecule has 4 heteroatoms. The van der Waals surface area contributed by atoms with Gasteiger partial charge >= 0.3 is 5.97 Å². The number of carbonyl (C=O) groups excluding carboxylic acids is 1. The van der Waals surface area contributed by atoms with Crippen molar-refractivity contribution in [3.8, 4) is 11.1 Å². The molecule has 2 aromatic rings. The molecule has 0 amide bonds. The zero-order valence-electron chi connectivity index (χ0n) is 17.0. The van der Waals surface area contributed by atoms with Gasteiger partial charge in [-0.25, -0.2) is 0 Å². The molecule has 1 atom stereocenters. The average Bonchev–Trinajstić information content (AvgIpc) is 2.67. The maximum absolute atomic E-state index is 11.6. The summed E-state index contributed by atoms with van der Waals surface area (Å²) in [5.74, 6) is -0.215. The van der Waals surface area contributed by atoms with Crippen molar-refractivity contribution in [3.05, 3.63) is 66.4 Å². The molecule has 0 spiro atoms. The Kier molecular flexibility index (Phi) is 6.40. The summed E-state index contributed by atoms with van der Waals surface area (Å²) in [6.07, 6.45) is 4.17. The zero-order chi connectivity index (χ0) is 20.0. The van der Waals surface area contributed by atoms with Crippen LogP contribution in [0.3, 0.4) is 0 Å². The van der Waals surface area contributed by atoms with Gasteiger partial charge in [-0.3, -0.25) is 4.79 Å². The Morgan fingerprint density at radius 1 is 1.07 bits per heavy atom. The minimum atomic E-state index is -0.215. The van der Waals surface area contributed by atoms with Crippen molar-refractivity contribution in [2.24, 2.45) is 5.41 Å². The van der Waals surface area contributed by atoms with Gasteiger partial charge < -0.3 is 15.4 Å². The van der Waals surface area contributed by atoms with E-state index in [1.165, 1.54) is 11.1 Å². The van der Waals surface area contributed by atoms with Crippen LogP contribution in [-0.4, -0.2) is 25.2 Å². The van der Waals surface area contributed by atoms with Crippen LogP contribution in [0, 0.1) is 5.41 Å². The second-order valence-corrected chi connectivity index (χ2v) is 8.09. The van der Waals surface area contributed by atoms with Gasteiger partial charge in [-0.1, -0.05) is 56.3 Å². The van der Waals surface area contributed by atoms with Crippen LogP contribution in [0.15, 0.2) is 66.4 Å². The molecule has 0 saturated carbocycles. The van der Waals surface area contributed by atoms with Crippen LogP contribution in [-0.2, 0) is 9.53 Å². The first-order valence-electron chi connectivity index (χ1n) is 9.97. The molecule has 2 N–H and O–H groups in total. The molecule has 0 saturated heterocycles. The van der Waals surface area contributed by atoms with Crippen LogP contribution in [0.2, 0.25) is 0 Å². The smallest absolute Gasteiger partial charge is 0.325 e. The topological polar surface area (TPSA) is 50.4 Å². The van der Waals surface area contributed by atoms with Gasteiger partial charge in [0.25, 0.3) is 0 Å². The summed E-state index contributed by atoms with van der Waals surface area (Å²) in [6.45, 7) is 6.98. The molecule has 1 aliphatic rings. The fourth-order valence-corrected chi connectivity index (χ4v) is 3.76. The summed E-state index contributed by atoms with van der Waals surface area (Å²) in [7, 11) is 0. The monoisotopic (exact) mass is 378 g/mol. The first-order chi connectivity index (χ1) is 13.4. The third-order valence-corrected chi connectivity index (χ3v) is 4.95. The lowest BCUT2D eigenvalue weighted by atomic mass is 9.77. The molecule has 4 nitrogen and oxygen atoms in total. The summed E-state index contributed by atoms with van der Waals surface area (Å²) in [5.41, 5.74) is 4.79. The van der Waals surface area contributed by atoms with E-state index in [1.54, 1.807) is 0 Å². The van der Waals surface area contributed by atoms with Crippen molar-refractivity contribution in [1.82, 2.24) is 5.32 Å². The largest absolute Gasteiger partial charge is 0.465 e. The van der Waals surface area contributed by atoms with Crippen LogP contribution in [0.4, 0.5) is 5.69 Å². The molecule has 0 aliphatic heterocycles. The number of carbonyl (C=O) groups is 1. The van der Waals surface area contributed by atoms with Gasteiger partial charge in [0.1, 0.15) is 6.54 Å². The summed E-state index contributed by atoms with van der Waals surface area (Å²) >= 11 is 0. The molecule has 0 fully saturated rings. The number of esters is 1. The number of ether oxygens (including phenoxy) is 1. The quantitative estimate of drug-likeness (QED) is 0.667. The summed E-state index contributed by atoms with van der Waals surface area (Å²) in [4.78, 5) is 11.6. The second kappa shape index (κ2) is 8.96. The van der Waals surface area contributed by atoms with Gasteiger partial charge in [-0.15, -0.1) is 0 Å². The van der Waals surface area contributed by atoms with Gasteiger partial charge in [0.05, 0.1) is 6.61 Å². The Labute approximate surface area is 168 Å². The highest BCUT2D eigenvalue weighted by Crippen LogP contribution is 2.35. The number of hydrogen-bond acceptors (Lipinski definition) is 4. The molecule has 0 radical (unpaired) electrons. The van der Waals surface area contributed by atoms with Gasteiger partial charge in [-0.2, -0.15) is 0 Å². The van der Waals surface area contributed by atoms with Crippen molar-refractivity contribution < 1.29 is 9.53 Å². The highest BCUT2D eigenvalue weighted by molar-refractivity contribution is 5.72. The predicted octanol–water partition coefficient (Wildman–Crippen LogP) is 4.99. The number of anilines is 1. The predicted molar refractivity (Wildman–Crippen MR) is 115 cm³/mol. The minimum Gasteiger partial charge on any atom is -0.465 e. The molecule has 3 rings (SSSR count). The standard InChI is InChI=1S/C24H30N2O2/c1-4-28-23(27)17-25-21-14-22(16-24(2,3)15-21)26-20-12-10-19(11-13-20)18-8-6-5-7-9-18/h5-14,22,25-26H,4,15-17H2,1-3H3. The van der Waals surface area contributed by atoms with E-state index < -0.39 is 0 Å². The van der Waals surface area contributed by atoms with Gasteiger partial charge in [0.2, 0.25) is 0 Å². The van der Waals surface area contributed by atoms with Crippen molar-refractivity contribution >= 4 is 11.7 Å². The van der Waals surface area contributed by atoms with Crippen LogP contribution in [0.1, 0.15) is 33.6 Å². The molecule has 1 aliphatic carbocycles. The molecule has 1 unspecified atom stereocenters. The summed E-state index contributed by atoms with van der Waals surface area (Å²) < 4.78 is 5.01. The normalized spacial score (nSPS) is 18.1. The molecule has 0 bridgehead atoms. The number of rotatable bonds is 7. The maximum atomic E-state index is 11.6. The molecule has 28 heavy (non-hydrogen) atoms. The molecule has 0 aromatic heterocycles. The SMILES string of the molecule is CCOC(=O)CNC1=CC(Nc2ccc(-c3ccccc3)cc2)CC(C)(C)C1. The first kappa shape index (κ1) is 20.0. The summed E-state index contributed by atoms with van der Waals surface area (Å²) in [5, 5.41) is 6.88. The number of allylic oxidation sites excluding steroid dienone is 1. The average molecular weight is 379 g/mol. The van der Waals surface area contributed by atoms with Crippen LogP contribution >= 0.6 is 0 Å². The molecule has 0 heterocycles. The third kappa shape index (κ3) is 5.62. The number of hydrogen-bond donors (Lipinski definition) is 2. The lowest BCUT2D eigenvalue weighted by Crippen LogP contribution is -2.35. The number of benzene rings is 2. The van der Waals surface area contributed by atoms with Crippen molar-refractivity contribution in [1.29, 1.82) is 0 Å². The maximum Gasteiger partial charge on any atom is 0.325 e. The Morgan fingerprint density at radius 2 is 1.75 bits per heavy atom. The Morgan fingerprint density at radius 3 is 2.43 bits per heavy atom. The third-order valence-electron chi connectivity index (χ3n) is 4.95. The van der Waals surface area contributed by atoms with Crippen molar-refractivity contribution in [2.45, 2.75) is 39.7 Å². The van der Waals surface area contributed by atoms with E-state index in [4.69, 9.17) is 4.74 Å². The number of nitrogens with one attached hydrogen (secondary N) is 2.